The quantitative estimate of drug-likeness (QED) is 0.606. The lowest BCUT2D eigenvalue weighted by atomic mass is 10.1. The van der Waals surface area contributed by atoms with Crippen LogP contribution in [-0.4, -0.2) is 19.0 Å². The van der Waals surface area contributed by atoms with Crippen molar-refractivity contribution in [1.82, 2.24) is 5.32 Å². The summed E-state index contributed by atoms with van der Waals surface area (Å²) in [4.78, 5) is 11.2. The number of hydrogen-bond donors (Lipinski definition) is 2. The summed E-state index contributed by atoms with van der Waals surface area (Å²) in [5.74, 6) is 0.592. The molecule has 1 amide bonds. The first kappa shape index (κ1) is 12.2. The Kier molecular flexibility index (Phi) is 7.30. The van der Waals surface area contributed by atoms with Gasteiger partial charge in [0.2, 0.25) is 5.91 Å². The predicted molar refractivity (Wildman–Crippen MR) is 55.3 cm³/mol. The Bertz CT molecular complexity index is 166. The molecule has 0 rings (SSSR count). The normalized spacial score (nSPS) is 13.2. The van der Waals surface area contributed by atoms with E-state index in [4.69, 9.17) is 5.73 Å². The second kappa shape index (κ2) is 7.80. The molecule has 0 aliphatic rings. The van der Waals surface area contributed by atoms with E-state index in [-0.39, 0.29) is 5.91 Å². The Hall–Kier alpha value is -0.830. The van der Waals surface area contributed by atoms with Crippen molar-refractivity contribution in [3.8, 4) is 0 Å². The van der Waals surface area contributed by atoms with E-state index in [0.717, 1.165) is 6.42 Å². The highest BCUT2D eigenvalue weighted by atomic mass is 16.1. The van der Waals surface area contributed by atoms with Crippen LogP contribution in [0, 0.1) is 5.92 Å². The fourth-order valence-corrected chi connectivity index (χ4v) is 0.885. The van der Waals surface area contributed by atoms with Crippen molar-refractivity contribution in [3.05, 3.63) is 12.2 Å². The minimum Gasteiger partial charge on any atom is -0.353 e. The Labute approximate surface area is 80.4 Å². The maximum Gasteiger partial charge on any atom is 0.220 e. The third-order valence-corrected chi connectivity index (χ3v) is 1.95. The van der Waals surface area contributed by atoms with Crippen molar-refractivity contribution >= 4 is 5.91 Å². The van der Waals surface area contributed by atoms with Gasteiger partial charge >= 0.3 is 0 Å². The second-order valence-corrected chi connectivity index (χ2v) is 3.23. The zero-order valence-electron chi connectivity index (χ0n) is 8.55. The molecule has 0 heterocycles. The van der Waals surface area contributed by atoms with Crippen LogP contribution in [0.1, 0.15) is 26.7 Å². The lowest BCUT2D eigenvalue weighted by Crippen LogP contribution is -2.24. The summed E-state index contributed by atoms with van der Waals surface area (Å²) in [5.41, 5.74) is 5.25. The van der Waals surface area contributed by atoms with E-state index in [9.17, 15) is 4.79 Å². The van der Waals surface area contributed by atoms with Crippen molar-refractivity contribution in [2.75, 3.05) is 13.1 Å². The van der Waals surface area contributed by atoms with Crippen molar-refractivity contribution < 1.29 is 4.79 Å². The van der Waals surface area contributed by atoms with Crippen molar-refractivity contribution in [1.29, 1.82) is 0 Å². The summed E-state index contributed by atoms with van der Waals surface area (Å²) in [5, 5.41) is 2.80. The van der Waals surface area contributed by atoms with E-state index in [0.29, 0.717) is 25.4 Å². The lowest BCUT2D eigenvalue weighted by Gasteiger charge is -2.07. The number of carbonyl (C=O) groups excluding carboxylic acids is 1. The van der Waals surface area contributed by atoms with Gasteiger partial charge in [-0.3, -0.25) is 4.79 Å². The molecule has 0 aromatic carbocycles. The van der Waals surface area contributed by atoms with Gasteiger partial charge in [0.1, 0.15) is 0 Å². The van der Waals surface area contributed by atoms with Gasteiger partial charge < -0.3 is 11.1 Å². The van der Waals surface area contributed by atoms with Gasteiger partial charge in [0.05, 0.1) is 0 Å². The molecule has 0 saturated heterocycles. The van der Waals surface area contributed by atoms with Crippen LogP contribution in [0.4, 0.5) is 0 Å². The van der Waals surface area contributed by atoms with Gasteiger partial charge in [-0.2, -0.15) is 0 Å². The van der Waals surface area contributed by atoms with Crippen LogP contribution < -0.4 is 11.1 Å². The highest BCUT2D eigenvalue weighted by Crippen LogP contribution is 2.04. The number of nitrogens with one attached hydrogen (secondary N) is 1. The Morgan fingerprint density at radius 3 is 2.77 bits per heavy atom. The number of carbonyl (C=O) groups is 1. The third-order valence-electron chi connectivity index (χ3n) is 1.95. The van der Waals surface area contributed by atoms with Crippen LogP contribution in [0.5, 0.6) is 0 Å². The van der Waals surface area contributed by atoms with Crippen molar-refractivity contribution in [3.63, 3.8) is 0 Å². The van der Waals surface area contributed by atoms with Gasteiger partial charge in [0, 0.05) is 19.5 Å². The minimum atomic E-state index is 0.121. The molecular weight excluding hydrogens is 164 g/mol. The SMILES string of the molecule is CCC(C)CC(=O)NC/C=C/CN. The van der Waals surface area contributed by atoms with E-state index in [1.54, 1.807) is 0 Å². The maximum absolute atomic E-state index is 11.2. The first-order valence-corrected chi connectivity index (χ1v) is 4.82. The first-order chi connectivity index (χ1) is 6.20. The molecule has 1 atom stereocenters. The average Bonchev–Trinajstić information content (AvgIpc) is 2.12. The van der Waals surface area contributed by atoms with E-state index in [1.165, 1.54) is 0 Å². The first-order valence-electron chi connectivity index (χ1n) is 4.82. The zero-order valence-corrected chi connectivity index (χ0v) is 8.55. The molecule has 0 fully saturated rings. The largest absolute Gasteiger partial charge is 0.353 e. The van der Waals surface area contributed by atoms with Crippen LogP contribution in [0.25, 0.3) is 0 Å². The fourth-order valence-electron chi connectivity index (χ4n) is 0.885. The number of amides is 1. The highest BCUT2D eigenvalue weighted by Gasteiger charge is 2.04. The van der Waals surface area contributed by atoms with E-state index < -0.39 is 0 Å². The summed E-state index contributed by atoms with van der Waals surface area (Å²) >= 11 is 0. The fraction of sp³-hybridized carbons (Fsp3) is 0.700. The molecule has 0 aromatic rings. The summed E-state index contributed by atoms with van der Waals surface area (Å²) in [6.45, 7) is 5.29. The van der Waals surface area contributed by atoms with Gasteiger partial charge in [0.25, 0.3) is 0 Å². The molecule has 76 valence electrons. The van der Waals surface area contributed by atoms with Gasteiger partial charge in [-0.25, -0.2) is 0 Å². The smallest absolute Gasteiger partial charge is 0.220 e. The molecule has 1 unspecified atom stereocenters. The van der Waals surface area contributed by atoms with Crippen LogP contribution in [0.3, 0.4) is 0 Å². The van der Waals surface area contributed by atoms with E-state index in [2.05, 4.69) is 19.2 Å². The topological polar surface area (TPSA) is 55.1 Å². The zero-order chi connectivity index (χ0) is 10.1. The summed E-state index contributed by atoms with van der Waals surface area (Å²) in [6.07, 6.45) is 5.37. The Morgan fingerprint density at radius 2 is 2.23 bits per heavy atom. The molecule has 3 heteroatoms. The standard InChI is InChI=1S/C10H20N2O/c1-3-9(2)8-10(13)12-7-5-4-6-11/h4-5,9H,3,6-8,11H2,1-2H3,(H,12,13)/b5-4+. The molecule has 3 N–H and O–H groups in total. The molecule has 0 aliphatic heterocycles. The molecule has 0 bridgehead atoms. The molecule has 0 aliphatic carbocycles. The number of hydrogen-bond acceptors (Lipinski definition) is 2. The lowest BCUT2D eigenvalue weighted by molar-refractivity contribution is -0.121. The Balaban J connectivity index is 3.46. The number of rotatable bonds is 6. The summed E-state index contributed by atoms with van der Waals surface area (Å²) in [7, 11) is 0. The van der Waals surface area contributed by atoms with Crippen LogP contribution in [0.2, 0.25) is 0 Å². The van der Waals surface area contributed by atoms with E-state index in [1.807, 2.05) is 12.2 Å². The second-order valence-electron chi connectivity index (χ2n) is 3.23. The predicted octanol–water partition coefficient (Wildman–Crippen LogP) is 1.05. The van der Waals surface area contributed by atoms with Gasteiger partial charge in [0.15, 0.2) is 0 Å². The van der Waals surface area contributed by atoms with Gasteiger partial charge in [-0.1, -0.05) is 32.4 Å². The average molecular weight is 184 g/mol. The molecule has 0 radical (unpaired) electrons. The van der Waals surface area contributed by atoms with Gasteiger partial charge in [-0.05, 0) is 5.92 Å². The molecule has 13 heavy (non-hydrogen) atoms. The highest BCUT2D eigenvalue weighted by molar-refractivity contribution is 5.76. The molecule has 0 saturated carbocycles. The molecule has 0 spiro atoms. The van der Waals surface area contributed by atoms with Gasteiger partial charge in [-0.15, -0.1) is 0 Å². The summed E-state index contributed by atoms with van der Waals surface area (Å²) < 4.78 is 0. The molecule has 3 nitrogen and oxygen atoms in total. The van der Waals surface area contributed by atoms with Crippen molar-refractivity contribution in [2.45, 2.75) is 26.7 Å². The molecular formula is C10H20N2O. The molecule has 0 aromatic heterocycles. The van der Waals surface area contributed by atoms with E-state index >= 15 is 0 Å². The third kappa shape index (κ3) is 7.53. The minimum absolute atomic E-state index is 0.121. The van der Waals surface area contributed by atoms with Crippen LogP contribution >= 0.6 is 0 Å². The summed E-state index contributed by atoms with van der Waals surface area (Å²) in [6, 6.07) is 0. The number of nitrogens with two attached hydrogens (primary N) is 1. The monoisotopic (exact) mass is 184 g/mol. The maximum atomic E-state index is 11.2. The van der Waals surface area contributed by atoms with Crippen LogP contribution in [0.15, 0.2) is 12.2 Å². The Morgan fingerprint density at radius 1 is 1.54 bits per heavy atom. The van der Waals surface area contributed by atoms with Crippen LogP contribution in [-0.2, 0) is 4.79 Å². The van der Waals surface area contributed by atoms with Crippen molar-refractivity contribution in [2.24, 2.45) is 11.7 Å².